The number of aromatic amines is 2. The predicted octanol–water partition coefficient (Wildman–Crippen LogP) is 1.90. The standard InChI is InChI=1S/C11H11BrN2O2/c1-4-5(2)9(12)6(3)8-7(4)10(15)13-14-11(8)16/h1-3H3,(H,13,15)(H,14,16). The molecule has 16 heavy (non-hydrogen) atoms. The van der Waals surface area contributed by atoms with E-state index in [-0.39, 0.29) is 11.1 Å². The molecule has 4 nitrogen and oxygen atoms in total. The highest BCUT2D eigenvalue weighted by Crippen LogP contribution is 2.29. The van der Waals surface area contributed by atoms with Crippen LogP contribution >= 0.6 is 15.9 Å². The lowest BCUT2D eigenvalue weighted by atomic mass is 9.99. The maximum Gasteiger partial charge on any atom is 0.270 e. The van der Waals surface area contributed by atoms with Gasteiger partial charge in [0.25, 0.3) is 11.1 Å². The molecule has 0 bridgehead atoms. The summed E-state index contributed by atoms with van der Waals surface area (Å²) in [5.74, 6) is 0. The molecule has 0 fully saturated rings. The SMILES string of the molecule is Cc1c(Br)c(C)c2c(=O)[nH][nH]c(=O)c2c1C. The van der Waals surface area contributed by atoms with Crippen molar-refractivity contribution >= 4 is 26.7 Å². The fraction of sp³-hybridized carbons (Fsp3) is 0.273. The molecule has 1 aromatic heterocycles. The van der Waals surface area contributed by atoms with Crippen molar-refractivity contribution in [1.29, 1.82) is 0 Å². The number of benzene rings is 1. The molecule has 0 unspecified atom stereocenters. The van der Waals surface area contributed by atoms with Crippen LogP contribution in [0.3, 0.4) is 0 Å². The number of hydrogen-bond acceptors (Lipinski definition) is 2. The van der Waals surface area contributed by atoms with Crippen molar-refractivity contribution < 1.29 is 0 Å². The molecule has 0 aliphatic heterocycles. The van der Waals surface area contributed by atoms with Gasteiger partial charge in [0.2, 0.25) is 0 Å². The number of aromatic nitrogens is 2. The summed E-state index contributed by atoms with van der Waals surface area (Å²) in [7, 11) is 0. The summed E-state index contributed by atoms with van der Waals surface area (Å²) >= 11 is 3.44. The molecule has 2 N–H and O–H groups in total. The Hall–Kier alpha value is -1.36. The van der Waals surface area contributed by atoms with Gasteiger partial charge in [-0.1, -0.05) is 15.9 Å². The van der Waals surface area contributed by atoms with Crippen molar-refractivity contribution in [2.24, 2.45) is 0 Å². The summed E-state index contributed by atoms with van der Waals surface area (Å²) in [5, 5.41) is 5.62. The molecule has 0 radical (unpaired) electrons. The average molecular weight is 283 g/mol. The van der Waals surface area contributed by atoms with E-state index in [0.717, 1.165) is 21.2 Å². The smallest absolute Gasteiger partial charge is 0.267 e. The van der Waals surface area contributed by atoms with Gasteiger partial charge in [-0.25, -0.2) is 0 Å². The predicted molar refractivity (Wildman–Crippen MR) is 67.1 cm³/mol. The first-order chi connectivity index (χ1) is 7.45. The first-order valence-corrected chi connectivity index (χ1v) is 5.64. The summed E-state index contributed by atoms with van der Waals surface area (Å²) in [6.07, 6.45) is 0. The van der Waals surface area contributed by atoms with Crippen LogP contribution in [-0.2, 0) is 0 Å². The van der Waals surface area contributed by atoms with Crippen molar-refractivity contribution in [2.45, 2.75) is 20.8 Å². The van der Waals surface area contributed by atoms with Gasteiger partial charge in [-0.15, -0.1) is 0 Å². The fourth-order valence-electron chi connectivity index (χ4n) is 1.92. The van der Waals surface area contributed by atoms with E-state index in [0.29, 0.717) is 10.8 Å². The van der Waals surface area contributed by atoms with Crippen LogP contribution in [0.4, 0.5) is 0 Å². The first-order valence-electron chi connectivity index (χ1n) is 4.85. The lowest BCUT2D eigenvalue weighted by molar-refractivity contribution is 0.972. The topological polar surface area (TPSA) is 65.7 Å². The number of aryl methyl sites for hydroxylation is 2. The van der Waals surface area contributed by atoms with Gasteiger partial charge in [0, 0.05) is 4.47 Å². The molecule has 1 aromatic carbocycles. The molecule has 84 valence electrons. The normalized spacial score (nSPS) is 11.0. The first kappa shape index (κ1) is 11.1. The van der Waals surface area contributed by atoms with Crippen molar-refractivity contribution in [3.63, 3.8) is 0 Å². The summed E-state index contributed by atoms with van der Waals surface area (Å²) in [4.78, 5) is 23.4. The third kappa shape index (κ3) is 1.35. The Balaban J connectivity index is 3.28. The van der Waals surface area contributed by atoms with Gasteiger partial charge in [-0.3, -0.25) is 19.8 Å². The summed E-state index contributed by atoms with van der Waals surface area (Å²) in [5.41, 5.74) is 2.09. The number of fused-ring (bicyclic) bond motifs is 1. The van der Waals surface area contributed by atoms with Crippen molar-refractivity contribution in [2.75, 3.05) is 0 Å². The molecule has 0 saturated carbocycles. The van der Waals surface area contributed by atoms with Gasteiger partial charge in [-0.2, -0.15) is 0 Å². The van der Waals surface area contributed by atoms with E-state index in [9.17, 15) is 9.59 Å². The number of rotatable bonds is 0. The highest BCUT2D eigenvalue weighted by atomic mass is 79.9. The molecule has 0 atom stereocenters. The summed E-state index contributed by atoms with van der Waals surface area (Å²) < 4.78 is 0.883. The van der Waals surface area contributed by atoms with E-state index in [4.69, 9.17) is 0 Å². The summed E-state index contributed by atoms with van der Waals surface area (Å²) in [6.45, 7) is 5.59. The quantitative estimate of drug-likeness (QED) is 0.775. The second-order valence-corrected chi connectivity index (χ2v) is 4.64. The second-order valence-electron chi connectivity index (χ2n) is 3.85. The van der Waals surface area contributed by atoms with Crippen LogP contribution < -0.4 is 11.1 Å². The number of hydrogen-bond donors (Lipinski definition) is 2. The van der Waals surface area contributed by atoms with Gasteiger partial charge in [0.15, 0.2) is 0 Å². The van der Waals surface area contributed by atoms with Gasteiger partial charge < -0.3 is 0 Å². The van der Waals surface area contributed by atoms with Crippen LogP contribution in [0, 0.1) is 20.8 Å². The third-order valence-electron chi connectivity index (χ3n) is 2.96. The molecular weight excluding hydrogens is 272 g/mol. The van der Waals surface area contributed by atoms with Crippen molar-refractivity contribution in [1.82, 2.24) is 10.2 Å². The van der Waals surface area contributed by atoms with E-state index in [1.165, 1.54) is 0 Å². The molecule has 0 aliphatic rings. The summed E-state index contributed by atoms with van der Waals surface area (Å²) in [6, 6.07) is 0. The van der Waals surface area contributed by atoms with E-state index >= 15 is 0 Å². The number of H-pyrrole nitrogens is 2. The molecule has 0 aliphatic carbocycles. The minimum Gasteiger partial charge on any atom is -0.267 e. The average Bonchev–Trinajstić information content (AvgIpc) is 2.26. The Morgan fingerprint density at radius 3 is 1.75 bits per heavy atom. The zero-order valence-corrected chi connectivity index (χ0v) is 10.8. The van der Waals surface area contributed by atoms with Gasteiger partial charge >= 0.3 is 0 Å². The molecule has 2 aromatic rings. The highest BCUT2D eigenvalue weighted by molar-refractivity contribution is 9.10. The molecule has 0 amide bonds. The van der Waals surface area contributed by atoms with Crippen LogP contribution in [-0.4, -0.2) is 10.2 Å². The Labute approximate surface area is 99.8 Å². The van der Waals surface area contributed by atoms with Crippen LogP contribution in [0.5, 0.6) is 0 Å². The maximum atomic E-state index is 11.7. The molecular formula is C11H11BrN2O2. The van der Waals surface area contributed by atoms with Crippen LogP contribution in [0.15, 0.2) is 14.1 Å². The minimum absolute atomic E-state index is 0.259. The fourth-order valence-corrected chi connectivity index (χ4v) is 2.42. The Morgan fingerprint density at radius 2 is 1.25 bits per heavy atom. The monoisotopic (exact) mass is 282 g/mol. The van der Waals surface area contributed by atoms with Gasteiger partial charge in [-0.05, 0) is 37.5 Å². The highest BCUT2D eigenvalue weighted by Gasteiger charge is 2.14. The molecule has 1 heterocycles. The third-order valence-corrected chi connectivity index (χ3v) is 4.15. The van der Waals surface area contributed by atoms with E-state index in [1.54, 1.807) is 0 Å². The van der Waals surface area contributed by atoms with E-state index < -0.39 is 0 Å². The molecule has 5 heteroatoms. The van der Waals surface area contributed by atoms with E-state index in [2.05, 4.69) is 26.1 Å². The number of nitrogens with one attached hydrogen (secondary N) is 2. The molecule has 0 spiro atoms. The molecule has 0 saturated heterocycles. The van der Waals surface area contributed by atoms with Gasteiger partial charge in [0.1, 0.15) is 0 Å². The maximum absolute atomic E-state index is 11.7. The Kier molecular flexibility index (Phi) is 2.50. The molecule has 2 rings (SSSR count). The van der Waals surface area contributed by atoms with Gasteiger partial charge in [0.05, 0.1) is 10.8 Å². The number of halogens is 1. The van der Waals surface area contributed by atoms with Crippen LogP contribution in [0.2, 0.25) is 0 Å². The Bertz CT molecular complexity index is 637. The Morgan fingerprint density at radius 1 is 0.812 bits per heavy atom. The van der Waals surface area contributed by atoms with Crippen LogP contribution in [0.25, 0.3) is 10.8 Å². The van der Waals surface area contributed by atoms with Crippen molar-refractivity contribution in [3.8, 4) is 0 Å². The van der Waals surface area contributed by atoms with Crippen molar-refractivity contribution in [3.05, 3.63) is 41.9 Å². The zero-order chi connectivity index (χ0) is 12.0. The largest absolute Gasteiger partial charge is 0.270 e. The van der Waals surface area contributed by atoms with Crippen LogP contribution in [0.1, 0.15) is 16.7 Å². The minimum atomic E-state index is -0.268. The lowest BCUT2D eigenvalue weighted by Crippen LogP contribution is -2.21. The van der Waals surface area contributed by atoms with E-state index in [1.807, 2.05) is 20.8 Å². The lowest BCUT2D eigenvalue weighted by Gasteiger charge is -2.10. The zero-order valence-electron chi connectivity index (χ0n) is 9.19. The second kappa shape index (κ2) is 3.59.